The van der Waals surface area contributed by atoms with E-state index in [1.54, 1.807) is 0 Å². The molecule has 0 radical (unpaired) electrons. The van der Waals surface area contributed by atoms with Crippen molar-refractivity contribution in [3.8, 4) is 0 Å². The molecule has 7 heteroatoms. The molecule has 2 N–H and O–H groups in total. The minimum Gasteiger partial charge on any atom is -0.444 e. The quantitative estimate of drug-likeness (QED) is 0.406. The molecule has 160 valence electrons. The summed E-state index contributed by atoms with van der Waals surface area (Å²) in [5.41, 5.74) is 0.277. The normalized spacial score (nSPS) is 12.6. The molecule has 6 nitrogen and oxygen atoms in total. The highest BCUT2D eigenvalue weighted by Crippen LogP contribution is 2.23. The number of alkyl carbamates (subject to hydrolysis) is 1. The van der Waals surface area contributed by atoms with E-state index in [1.165, 1.54) is 4.31 Å². The summed E-state index contributed by atoms with van der Waals surface area (Å²) in [6.45, 7) is 6.64. The molecule has 0 saturated carbocycles. The third kappa shape index (κ3) is 8.41. The van der Waals surface area contributed by atoms with E-state index in [0.29, 0.717) is 13.1 Å². The maximum Gasteiger partial charge on any atom is 0.407 e. The molecule has 2 rings (SSSR count). The van der Waals surface area contributed by atoms with Crippen LogP contribution in [0.5, 0.6) is 0 Å². The van der Waals surface area contributed by atoms with Crippen LogP contribution in [-0.2, 0) is 16.0 Å². The van der Waals surface area contributed by atoms with Gasteiger partial charge in [0.15, 0.2) is 0 Å². The Morgan fingerprint density at radius 1 is 1.03 bits per heavy atom. The lowest BCUT2D eigenvalue weighted by Crippen LogP contribution is -2.32. The van der Waals surface area contributed by atoms with Crippen LogP contribution in [0.1, 0.15) is 52.9 Å². The maximum atomic E-state index is 11.8. The van der Waals surface area contributed by atoms with Crippen molar-refractivity contribution < 1.29 is 18.3 Å². The molecule has 1 amide bonds. The predicted octanol–water partition coefficient (Wildman–Crippen LogP) is 5.26. The number of hydrogen-bond acceptors (Lipinski definition) is 3. The monoisotopic (exact) mass is 420 g/mol. The molecule has 0 saturated heterocycles. The van der Waals surface area contributed by atoms with Gasteiger partial charge >= 0.3 is 6.09 Å². The van der Waals surface area contributed by atoms with E-state index in [4.69, 9.17) is 4.74 Å². The molecule has 0 aliphatic rings. The summed E-state index contributed by atoms with van der Waals surface area (Å²) in [7, 11) is 0. The van der Waals surface area contributed by atoms with Crippen molar-refractivity contribution in [2.75, 3.05) is 17.4 Å². The standard InChI is InChI=1S/C22H32N2O4S/c1-22(2,3)28-21(25)23-15-9-5-4-6-10-16-24(29(26)27)20-14-13-18-11-7-8-12-19(18)17-20/h7-8,11-14,17H,4-6,9-10,15-16H2,1-3H3,(H,23,25)(H,26,27). The Balaban J connectivity index is 1.68. The fourth-order valence-electron chi connectivity index (χ4n) is 3.04. The summed E-state index contributed by atoms with van der Waals surface area (Å²) in [5.74, 6) is 0. The maximum absolute atomic E-state index is 11.8. The molecule has 2 aromatic rings. The molecule has 0 aliphatic carbocycles. The fraction of sp³-hybridized carbons (Fsp3) is 0.500. The molecular formula is C22H32N2O4S. The van der Waals surface area contributed by atoms with E-state index in [0.717, 1.165) is 48.6 Å². The van der Waals surface area contributed by atoms with Crippen molar-refractivity contribution in [2.45, 2.75) is 58.5 Å². The van der Waals surface area contributed by atoms with Gasteiger partial charge in [-0.25, -0.2) is 9.00 Å². The third-order valence-electron chi connectivity index (χ3n) is 4.42. The Kier molecular flexibility index (Phi) is 8.92. The van der Waals surface area contributed by atoms with Crippen LogP contribution in [0.4, 0.5) is 10.5 Å². The van der Waals surface area contributed by atoms with Gasteiger partial charge in [0.2, 0.25) is 0 Å². The van der Waals surface area contributed by atoms with Crippen LogP contribution in [0.25, 0.3) is 10.8 Å². The first-order valence-corrected chi connectivity index (χ1v) is 11.2. The number of carbonyl (C=O) groups is 1. The first-order chi connectivity index (χ1) is 13.8. The van der Waals surface area contributed by atoms with Crippen LogP contribution < -0.4 is 9.62 Å². The van der Waals surface area contributed by atoms with Gasteiger partial charge in [-0.15, -0.1) is 0 Å². The highest BCUT2D eigenvalue weighted by molar-refractivity contribution is 7.80. The van der Waals surface area contributed by atoms with Gasteiger partial charge in [0.25, 0.3) is 11.3 Å². The number of nitrogens with zero attached hydrogens (tertiary/aromatic N) is 1. The van der Waals surface area contributed by atoms with Gasteiger partial charge in [-0.3, -0.25) is 8.86 Å². The zero-order valence-electron chi connectivity index (χ0n) is 17.5. The van der Waals surface area contributed by atoms with Crippen molar-refractivity contribution in [2.24, 2.45) is 0 Å². The fourth-order valence-corrected chi connectivity index (χ4v) is 3.62. The van der Waals surface area contributed by atoms with Crippen molar-refractivity contribution in [1.29, 1.82) is 0 Å². The molecule has 0 spiro atoms. The van der Waals surface area contributed by atoms with Gasteiger partial charge < -0.3 is 10.1 Å². The molecule has 0 fully saturated rings. The van der Waals surface area contributed by atoms with Crippen molar-refractivity contribution in [1.82, 2.24) is 5.32 Å². The lowest BCUT2D eigenvalue weighted by atomic mass is 10.1. The minimum absolute atomic E-state index is 0.381. The number of hydrogen-bond donors (Lipinski definition) is 2. The van der Waals surface area contributed by atoms with E-state index >= 15 is 0 Å². The number of amides is 1. The van der Waals surface area contributed by atoms with Gasteiger partial charge in [-0.2, -0.15) is 0 Å². The van der Waals surface area contributed by atoms with Crippen LogP contribution in [0.2, 0.25) is 0 Å². The van der Waals surface area contributed by atoms with Gasteiger partial charge in [0.05, 0.1) is 5.69 Å². The Labute approximate surface area is 176 Å². The third-order valence-corrected chi connectivity index (χ3v) is 5.19. The summed E-state index contributed by atoms with van der Waals surface area (Å²) in [5, 5.41) is 4.92. The average Bonchev–Trinajstić information content (AvgIpc) is 2.64. The van der Waals surface area contributed by atoms with Crippen LogP contribution >= 0.6 is 0 Å². The number of carbonyl (C=O) groups excluding carboxylic acids is 1. The smallest absolute Gasteiger partial charge is 0.407 e. The van der Waals surface area contributed by atoms with Crippen LogP contribution in [-0.4, -0.2) is 33.5 Å². The Hall–Kier alpha value is -2.12. The van der Waals surface area contributed by atoms with Crippen molar-refractivity contribution >= 4 is 33.8 Å². The zero-order chi connectivity index (χ0) is 21.3. The molecule has 0 bridgehead atoms. The molecule has 1 atom stereocenters. The minimum atomic E-state index is -2.05. The number of fused-ring (bicyclic) bond motifs is 1. The average molecular weight is 421 g/mol. The largest absolute Gasteiger partial charge is 0.444 e. The van der Waals surface area contributed by atoms with Crippen LogP contribution in [0.15, 0.2) is 42.5 Å². The van der Waals surface area contributed by atoms with Gasteiger partial charge in [0.1, 0.15) is 5.60 Å². The second-order valence-corrected chi connectivity index (χ2v) is 8.96. The lowest BCUT2D eigenvalue weighted by molar-refractivity contribution is 0.0527. The van der Waals surface area contributed by atoms with Crippen molar-refractivity contribution in [3.05, 3.63) is 42.5 Å². The number of rotatable bonds is 10. The number of ether oxygens (including phenoxy) is 1. The Morgan fingerprint density at radius 2 is 1.69 bits per heavy atom. The van der Waals surface area contributed by atoms with E-state index in [1.807, 2.05) is 63.2 Å². The molecule has 29 heavy (non-hydrogen) atoms. The Morgan fingerprint density at radius 3 is 2.38 bits per heavy atom. The number of nitrogens with one attached hydrogen (secondary N) is 1. The molecule has 0 aliphatic heterocycles. The molecule has 0 heterocycles. The van der Waals surface area contributed by atoms with E-state index in [9.17, 15) is 13.6 Å². The summed E-state index contributed by atoms with van der Waals surface area (Å²) in [4.78, 5) is 11.6. The highest BCUT2D eigenvalue weighted by atomic mass is 32.2. The van der Waals surface area contributed by atoms with Crippen LogP contribution in [0.3, 0.4) is 0 Å². The highest BCUT2D eigenvalue weighted by Gasteiger charge is 2.15. The van der Waals surface area contributed by atoms with E-state index < -0.39 is 16.9 Å². The Bertz CT molecular complexity index is 820. The van der Waals surface area contributed by atoms with Crippen molar-refractivity contribution in [3.63, 3.8) is 0 Å². The van der Waals surface area contributed by atoms with Gasteiger partial charge in [0, 0.05) is 13.1 Å². The molecule has 0 aromatic heterocycles. The molecule has 2 aromatic carbocycles. The second-order valence-electron chi connectivity index (χ2n) is 8.06. The van der Waals surface area contributed by atoms with Gasteiger partial charge in [-0.1, -0.05) is 49.6 Å². The van der Waals surface area contributed by atoms with E-state index in [-0.39, 0.29) is 6.09 Å². The first kappa shape index (κ1) is 23.2. The number of unbranched alkanes of at least 4 members (excludes halogenated alkanes) is 4. The van der Waals surface area contributed by atoms with Crippen LogP contribution in [0, 0.1) is 0 Å². The first-order valence-electron chi connectivity index (χ1n) is 10.1. The topological polar surface area (TPSA) is 78.9 Å². The lowest BCUT2D eigenvalue weighted by Gasteiger charge is -2.20. The second kappa shape index (κ2) is 11.2. The predicted molar refractivity (Wildman–Crippen MR) is 119 cm³/mol. The summed E-state index contributed by atoms with van der Waals surface area (Å²) in [6.07, 6.45) is 4.31. The molecular weight excluding hydrogens is 388 g/mol. The zero-order valence-corrected chi connectivity index (χ0v) is 18.3. The summed E-state index contributed by atoms with van der Waals surface area (Å²) in [6, 6.07) is 13.8. The number of benzene rings is 2. The molecule has 1 unspecified atom stereocenters. The SMILES string of the molecule is CC(C)(C)OC(=O)NCCCCCCCN(c1ccc2ccccc2c1)S(=O)O. The number of anilines is 1. The van der Waals surface area contributed by atoms with Gasteiger partial charge in [-0.05, 0) is 56.5 Å². The summed E-state index contributed by atoms with van der Waals surface area (Å²) >= 11 is -2.05. The van der Waals surface area contributed by atoms with E-state index in [2.05, 4.69) is 5.32 Å². The summed E-state index contributed by atoms with van der Waals surface area (Å²) < 4.78 is 28.2.